The molecule has 0 aliphatic carbocycles. The van der Waals surface area contributed by atoms with Crippen LogP contribution in [0, 0.1) is 6.92 Å². The normalized spacial score (nSPS) is 10.6. The molecule has 1 heterocycles. The van der Waals surface area contributed by atoms with Crippen LogP contribution in [0.1, 0.15) is 23.0 Å². The lowest BCUT2D eigenvalue weighted by Crippen LogP contribution is -2.24. The molecule has 0 aliphatic rings. The van der Waals surface area contributed by atoms with Gasteiger partial charge in [0.15, 0.2) is 5.69 Å². The molecule has 5 nitrogen and oxygen atoms in total. The first-order valence-electron chi connectivity index (χ1n) is 5.09. The highest BCUT2D eigenvalue weighted by atomic mass is 16.6. The lowest BCUT2D eigenvalue weighted by atomic mass is 10.1. The maximum atomic E-state index is 11.7. The third-order valence-electron chi connectivity index (χ3n) is 2.24. The number of H-pyrrole nitrogens is 1. The highest BCUT2D eigenvalue weighted by Crippen LogP contribution is 2.17. The molecule has 84 valence electrons. The van der Waals surface area contributed by atoms with Crippen molar-refractivity contribution in [2.45, 2.75) is 13.8 Å². The van der Waals surface area contributed by atoms with Gasteiger partial charge in [0.25, 0.3) is 5.91 Å². The lowest BCUT2D eigenvalue weighted by Gasteiger charge is -2.01. The van der Waals surface area contributed by atoms with Gasteiger partial charge >= 0.3 is 0 Å². The van der Waals surface area contributed by atoms with Gasteiger partial charge in [-0.05, 0) is 26.0 Å². The minimum atomic E-state index is -0.335. The van der Waals surface area contributed by atoms with Crippen LogP contribution in [0.15, 0.2) is 18.2 Å². The highest BCUT2D eigenvalue weighted by Gasteiger charge is 2.13. The van der Waals surface area contributed by atoms with Crippen molar-refractivity contribution < 1.29 is 9.63 Å². The van der Waals surface area contributed by atoms with Crippen molar-refractivity contribution in [2.75, 3.05) is 6.61 Å². The van der Waals surface area contributed by atoms with E-state index < -0.39 is 0 Å². The molecule has 2 rings (SSSR count). The molecular weight excluding hydrogens is 206 g/mol. The van der Waals surface area contributed by atoms with Gasteiger partial charge in [-0.3, -0.25) is 14.7 Å². The number of aromatic nitrogens is 2. The maximum absolute atomic E-state index is 11.7. The van der Waals surface area contributed by atoms with Gasteiger partial charge in [-0.2, -0.15) is 5.10 Å². The summed E-state index contributed by atoms with van der Waals surface area (Å²) in [5.74, 6) is -0.335. The van der Waals surface area contributed by atoms with E-state index in [4.69, 9.17) is 4.84 Å². The Balaban J connectivity index is 2.37. The zero-order chi connectivity index (χ0) is 11.5. The molecule has 1 amide bonds. The Bertz CT molecular complexity index is 519. The number of carbonyl (C=O) groups is 1. The summed E-state index contributed by atoms with van der Waals surface area (Å²) in [6.45, 7) is 4.19. The molecule has 5 heteroatoms. The van der Waals surface area contributed by atoms with Gasteiger partial charge in [-0.25, -0.2) is 5.48 Å². The molecule has 0 aliphatic heterocycles. The van der Waals surface area contributed by atoms with E-state index in [-0.39, 0.29) is 5.91 Å². The quantitative estimate of drug-likeness (QED) is 0.770. The number of benzene rings is 1. The number of aryl methyl sites for hydroxylation is 1. The Morgan fingerprint density at radius 2 is 2.38 bits per heavy atom. The van der Waals surface area contributed by atoms with E-state index in [1.165, 1.54) is 0 Å². The van der Waals surface area contributed by atoms with Gasteiger partial charge in [-0.15, -0.1) is 0 Å². The fourth-order valence-corrected chi connectivity index (χ4v) is 1.49. The second-order valence-electron chi connectivity index (χ2n) is 3.49. The molecule has 1 aromatic carbocycles. The molecular formula is C11H13N3O2. The van der Waals surface area contributed by atoms with E-state index in [9.17, 15) is 4.79 Å². The van der Waals surface area contributed by atoms with Crippen molar-refractivity contribution in [2.24, 2.45) is 0 Å². The minimum Gasteiger partial charge on any atom is -0.277 e. The molecule has 0 atom stereocenters. The number of hydrogen-bond donors (Lipinski definition) is 2. The minimum absolute atomic E-state index is 0.335. The summed E-state index contributed by atoms with van der Waals surface area (Å²) >= 11 is 0. The number of fused-ring (bicyclic) bond motifs is 1. The molecule has 0 bridgehead atoms. The van der Waals surface area contributed by atoms with E-state index in [2.05, 4.69) is 15.7 Å². The summed E-state index contributed by atoms with van der Waals surface area (Å²) < 4.78 is 0. The second kappa shape index (κ2) is 4.32. The fourth-order valence-electron chi connectivity index (χ4n) is 1.49. The zero-order valence-corrected chi connectivity index (χ0v) is 9.20. The van der Waals surface area contributed by atoms with Gasteiger partial charge < -0.3 is 0 Å². The molecule has 16 heavy (non-hydrogen) atoms. The monoisotopic (exact) mass is 219 g/mol. The van der Waals surface area contributed by atoms with Crippen molar-refractivity contribution >= 4 is 16.8 Å². The molecule has 0 saturated heterocycles. The first-order chi connectivity index (χ1) is 7.72. The standard InChI is InChI=1S/C11H13N3O2/c1-3-16-14-11(15)10-8-6-7(2)4-5-9(8)12-13-10/h4-6H,3H2,1-2H3,(H,12,13)(H,14,15). The lowest BCUT2D eigenvalue weighted by molar-refractivity contribution is 0.0361. The van der Waals surface area contributed by atoms with Crippen LogP contribution in [0.5, 0.6) is 0 Å². The number of amides is 1. The van der Waals surface area contributed by atoms with Crippen molar-refractivity contribution in [3.05, 3.63) is 29.5 Å². The largest absolute Gasteiger partial charge is 0.295 e. The smallest absolute Gasteiger partial charge is 0.277 e. The number of hydroxylamine groups is 1. The molecule has 0 saturated carbocycles. The third kappa shape index (κ3) is 1.90. The molecule has 2 aromatic rings. The summed E-state index contributed by atoms with van der Waals surface area (Å²) in [6, 6.07) is 5.78. The van der Waals surface area contributed by atoms with Gasteiger partial charge in [0.1, 0.15) is 0 Å². The maximum Gasteiger partial charge on any atom is 0.295 e. The van der Waals surface area contributed by atoms with E-state index in [1.54, 1.807) is 6.92 Å². The van der Waals surface area contributed by atoms with E-state index in [0.717, 1.165) is 16.5 Å². The first-order valence-corrected chi connectivity index (χ1v) is 5.09. The van der Waals surface area contributed by atoms with Crippen LogP contribution < -0.4 is 5.48 Å². The van der Waals surface area contributed by atoms with Crippen LogP contribution in [-0.4, -0.2) is 22.7 Å². The first kappa shape index (κ1) is 10.6. The van der Waals surface area contributed by atoms with Crippen molar-refractivity contribution in [1.82, 2.24) is 15.7 Å². The average molecular weight is 219 g/mol. The van der Waals surface area contributed by atoms with Crippen LogP contribution in [-0.2, 0) is 4.84 Å². The van der Waals surface area contributed by atoms with Crippen molar-refractivity contribution in [3.63, 3.8) is 0 Å². The number of aromatic amines is 1. The topological polar surface area (TPSA) is 67.0 Å². The van der Waals surface area contributed by atoms with Crippen LogP contribution >= 0.6 is 0 Å². The summed E-state index contributed by atoms with van der Waals surface area (Å²) in [4.78, 5) is 16.5. The Labute approximate surface area is 92.7 Å². The summed E-state index contributed by atoms with van der Waals surface area (Å²) in [5, 5.41) is 7.58. The summed E-state index contributed by atoms with van der Waals surface area (Å²) in [6.07, 6.45) is 0. The molecule has 0 unspecified atom stereocenters. The number of nitrogens with zero attached hydrogens (tertiary/aromatic N) is 1. The molecule has 1 aromatic heterocycles. The SMILES string of the molecule is CCONC(=O)c1n[nH]c2ccc(C)cc12. The van der Waals surface area contributed by atoms with Crippen LogP contribution in [0.3, 0.4) is 0 Å². The second-order valence-corrected chi connectivity index (χ2v) is 3.49. The predicted octanol–water partition coefficient (Wildman–Crippen LogP) is 1.55. The van der Waals surface area contributed by atoms with Crippen LogP contribution in [0.25, 0.3) is 10.9 Å². The highest BCUT2D eigenvalue weighted by molar-refractivity contribution is 6.04. The Morgan fingerprint density at radius 1 is 1.56 bits per heavy atom. The Kier molecular flexibility index (Phi) is 2.87. The number of nitrogens with one attached hydrogen (secondary N) is 2. The van der Waals surface area contributed by atoms with Crippen LogP contribution in [0.4, 0.5) is 0 Å². The van der Waals surface area contributed by atoms with E-state index in [1.807, 2.05) is 25.1 Å². The predicted molar refractivity (Wildman–Crippen MR) is 59.9 cm³/mol. The van der Waals surface area contributed by atoms with Gasteiger partial charge in [0.2, 0.25) is 0 Å². The zero-order valence-electron chi connectivity index (χ0n) is 9.20. The number of rotatable bonds is 3. The van der Waals surface area contributed by atoms with Gasteiger partial charge in [0, 0.05) is 5.39 Å². The number of hydrogen-bond acceptors (Lipinski definition) is 3. The van der Waals surface area contributed by atoms with E-state index >= 15 is 0 Å². The van der Waals surface area contributed by atoms with Crippen LogP contribution in [0.2, 0.25) is 0 Å². The average Bonchev–Trinajstić information content (AvgIpc) is 2.68. The fraction of sp³-hybridized carbons (Fsp3) is 0.273. The molecule has 0 spiro atoms. The Hall–Kier alpha value is -1.88. The Morgan fingerprint density at radius 3 is 3.12 bits per heavy atom. The van der Waals surface area contributed by atoms with E-state index in [0.29, 0.717) is 12.3 Å². The van der Waals surface area contributed by atoms with Crippen molar-refractivity contribution in [1.29, 1.82) is 0 Å². The number of carbonyl (C=O) groups excluding carboxylic acids is 1. The molecule has 2 N–H and O–H groups in total. The summed E-state index contributed by atoms with van der Waals surface area (Å²) in [5.41, 5.74) is 4.60. The van der Waals surface area contributed by atoms with Gasteiger partial charge in [-0.1, -0.05) is 11.6 Å². The molecule has 0 radical (unpaired) electrons. The third-order valence-corrected chi connectivity index (χ3v) is 2.24. The van der Waals surface area contributed by atoms with Gasteiger partial charge in [0.05, 0.1) is 12.1 Å². The summed E-state index contributed by atoms with van der Waals surface area (Å²) in [7, 11) is 0. The van der Waals surface area contributed by atoms with Crippen molar-refractivity contribution in [3.8, 4) is 0 Å². The molecule has 0 fully saturated rings.